The lowest BCUT2D eigenvalue weighted by atomic mass is 9.98. The molecule has 2 aliphatic heterocycles. The quantitative estimate of drug-likeness (QED) is 0.771. The van der Waals surface area contributed by atoms with Gasteiger partial charge in [-0.1, -0.05) is 24.3 Å². The molecule has 2 heterocycles. The number of ether oxygens (including phenoxy) is 2. The Morgan fingerprint density at radius 3 is 2.10 bits per heavy atom. The van der Waals surface area contributed by atoms with E-state index in [1.54, 1.807) is 21.3 Å². The van der Waals surface area contributed by atoms with Crippen molar-refractivity contribution in [3.05, 3.63) is 58.7 Å². The van der Waals surface area contributed by atoms with E-state index in [0.717, 1.165) is 17.5 Å². The van der Waals surface area contributed by atoms with Crippen LogP contribution in [0.5, 0.6) is 11.5 Å². The Kier molecular flexibility index (Phi) is 6.13. The molecule has 2 aliphatic rings. The van der Waals surface area contributed by atoms with Gasteiger partial charge in [-0.05, 0) is 47.9 Å². The number of carbonyl (C=O) groups is 2. The van der Waals surface area contributed by atoms with Crippen molar-refractivity contribution in [2.45, 2.75) is 38.5 Å². The average molecular weight is 424 g/mol. The van der Waals surface area contributed by atoms with Crippen LogP contribution in [-0.4, -0.2) is 55.5 Å². The highest BCUT2D eigenvalue weighted by Gasteiger charge is 2.31. The Morgan fingerprint density at radius 2 is 1.52 bits per heavy atom. The second-order valence-electron chi connectivity index (χ2n) is 8.05. The molecule has 0 saturated heterocycles. The van der Waals surface area contributed by atoms with E-state index in [1.807, 2.05) is 34.1 Å². The Morgan fingerprint density at radius 1 is 0.935 bits per heavy atom. The van der Waals surface area contributed by atoms with Gasteiger partial charge in [0.25, 0.3) is 0 Å². The van der Waals surface area contributed by atoms with Crippen LogP contribution in [-0.2, 0) is 35.6 Å². The van der Waals surface area contributed by atoms with Gasteiger partial charge in [-0.3, -0.25) is 9.59 Å². The molecule has 7 nitrogen and oxygen atoms in total. The van der Waals surface area contributed by atoms with E-state index < -0.39 is 6.04 Å². The van der Waals surface area contributed by atoms with E-state index in [4.69, 9.17) is 9.47 Å². The molecule has 1 unspecified atom stereocenters. The van der Waals surface area contributed by atoms with Crippen molar-refractivity contribution in [3.63, 3.8) is 0 Å². The summed E-state index contributed by atoms with van der Waals surface area (Å²) < 4.78 is 10.8. The zero-order valence-corrected chi connectivity index (χ0v) is 18.3. The minimum Gasteiger partial charge on any atom is -0.493 e. The van der Waals surface area contributed by atoms with Crippen molar-refractivity contribution in [2.75, 3.05) is 27.8 Å². The first-order chi connectivity index (χ1) is 15.0. The van der Waals surface area contributed by atoms with Gasteiger partial charge in [-0.2, -0.15) is 0 Å². The van der Waals surface area contributed by atoms with E-state index in [1.165, 1.54) is 11.1 Å². The van der Waals surface area contributed by atoms with Crippen LogP contribution in [0.1, 0.15) is 28.7 Å². The SMILES string of the molecule is CNC(CC(=O)N1CCc2cc(OC)c(OC)cc2C1)C(=O)N1Cc2ccccc2C1. The molecule has 1 atom stereocenters. The van der Waals surface area contributed by atoms with Crippen molar-refractivity contribution in [1.29, 1.82) is 0 Å². The number of likely N-dealkylation sites (N-methyl/N-ethyl adjacent to an activating group) is 1. The molecule has 0 aliphatic carbocycles. The zero-order valence-electron chi connectivity index (χ0n) is 18.3. The smallest absolute Gasteiger partial charge is 0.240 e. The highest BCUT2D eigenvalue weighted by Crippen LogP contribution is 2.33. The van der Waals surface area contributed by atoms with E-state index in [0.29, 0.717) is 37.7 Å². The molecular weight excluding hydrogens is 394 g/mol. The minimum absolute atomic E-state index is 0.0233. The van der Waals surface area contributed by atoms with Gasteiger partial charge < -0.3 is 24.6 Å². The summed E-state index contributed by atoms with van der Waals surface area (Å²) in [7, 11) is 4.97. The average Bonchev–Trinajstić information content (AvgIpc) is 3.25. The lowest BCUT2D eigenvalue weighted by molar-refractivity contribution is -0.140. The maximum absolute atomic E-state index is 13.1. The van der Waals surface area contributed by atoms with Gasteiger partial charge in [-0.25, -0.2) is 0 Å². The molecule has 0 radical (unpaired) electrons. The van der Waals surface area contributed by atoms with E-state index in [9.17, 15) is 9.59 Å². The number of amides is 2. The zero-order chi connectivity index (χ0) is 22.0. The van der Waals surface area contributed by atoms with Crippen molar-refractivity contribution >= 4 is 11.8 Å². The standard InChI is InChI=1S/C24H29N3O4/c1-25-20(24(29)27-13-17-6-4-5-7-18(17)14-27)12-23(28)26-9-8-16-10-21(30-2)22(31-3)11-19(16)15-26/h4-7,10-11,20,25H,8-9,12-15H2,1-3H3. The first-order valence-corrected chi connectivity index (χ1v) is 10.6. The molecule has 0 bridgehead atoms. The van der Waals surface area contributed by atoms with Crippen LogP contribution in [0.4, 0.5) is 0 Å². The van der Waals surface area contributed by atoms with Crippen LogP contribution < -0.4 is 14.8 Å². The lowest BCUT2D eigenvalue weighted by Gasteiger charge is -2.31. The van der Waals surface area contributed by atoms with Gasteiger partial charge in [0.05, 0.1) is 26.7 Å². The molecule has 7 heteroatoms. The first kappa shape index (κ1) is 21.2. The maximum Gasteiger partial charge on any atom is 0.240 e. The largest absolute Gasteiger partial charge is 0.493 e. The molecule has 2 amide bonds. The first-order valence-electron chi connectivity index (χ1n) is 10.6. The second-order valence-corrected chi connectivity index (χ2v) is 8.05. The number of hydrogen-bond acceptors (Lipinski definition) is 5. The fraction of sp³-hybridized carbons (Fsp3) is 0.417. The molecule has 0 fully saturated rings. The highest BCUT2D eigenvalue weighted by atomic mass is 16.5. The molecule has 0 spiro atoms. The molecule has 0 saturated carbocycles. The normalized spacial score (nSPS) is 15.8. The molecular formula is C24H29N3O4. The van der Waals surface area contributed by atoms with Crippen molar-refractivity contribution in [2.24, 2.45) is 0 Å². The molecule has 2 aromatic rings. The summed E-state index contributed by atoms with van der Waals surface area (Å²) in [6.45, 7) is 2.33. The number of benzene rings is 2. The van der Waals surface area contributed by atoms with Gasteiger partial charge in [0.15, 0.2) is 11.5 Å². The lowest BCUT2D eigenvalue weighted by Crippen LogP contribution is -2.47. The molecule has 2 aromatic carbocycles. The molecule has 164 valence electrons. The van der Waals surface area contributed by atoms with Crippen LogP contribution in [0, 0.1) is 0 Å². The number of nitrogens with zero attached hydrogens (tertiary/aromatic N) is 2. The Labute approximate surface area is 182 Å². The minimum atomic E-state index is -0.534. The monoisotopic (exact) mass is 423 g/mol. The van der Waals surface area contributed by atoms with Crippen molar-refractivity contribution < 1.29 is 19.1 Å². The van der Waals surface area contributed by atoms with Gasteiger partial charge in [0.2, 0.25) is 11.8 Å². The van der Waals surface area contributed by atoms with E-state index in [2.05, 4.69) is 17.4 Å². The third kappa shape index (κ3) is 4.23. The van der Waals surface area contributed by atoms with Crippen LogP contribution >= 0.6 is 0 Å². The predicted molar refractivity (Wildman–Crippen MR) is 117 cm³/mol. The summed E-state index contributed by atoms with van der Waals surface area (Å²) in [6.07, 6.45) is 0.895. The van der Waals surface area contributed by atoms with Crippen LogP contribution in [0.15, 0.2) is 36.4 Å². The number of hydrogen-bond donors (Lipinski definition) is 1. The predicted octanol–water partition coefficient (Wildman–Crippen LogP) is 2.11. The molecule has 1 N–H and O–H groups in total. The number of nitrogens with one attached hydrogen (secondary N) is 1. The van der Waals surface area contributed by atoms with E-state index >= 15 is 0 Å². The summed E-state index contributed by atoms with van der Waals surface area (Å²) in [5, 5.41) is 3.05. The van der Waals surface area contributed by atoms with Crippen LogP contribution in [0.2, 0.25) is 0 Å². The number of fused-ring (bicyclic) bond motifs is 2. The number of carbonyl (C=O) groups excluding carboxylic acids is 2. The summed E-state index contributed by atoms with van der Waals surface area (Å²) in [5.74, 6) is 1.31. The Bertz CT molecular complexity index is 966. The molecule has 4 rings (SSSR count). The summed E-state index contributed by atoms with van der Waals surface area (Å²) in [4.78, 5) is 29.8. The summed E-state index contributed by atoms with van der Waals surface area (Å²) >= 11 is 0. The van der Waals surface area contributed by atoms with Gasteiger partial charge >= 0.3 is 0 Å². The third-order valence-electron chi connectivity index (χ3n) is 6.25. The maximum atomic E-state index is 13.1. The van der Waals surface area contributed by atoms with Gasteiger partial charge in [-0.15, -0.1) is 0 Å². The fourth-order valence-electron chi connectivity index (χ4n) is 4.42. The topological polar surface area (TPSA) is 71.1 Å². The molecule has 31 heavy (non-hydrogen) atoms. The fourth-order valence-corrected chi connectivity index (χ4v) is 4.42. The summed E-state index contributed by atoms with van der Waals surface area (Å²) in [6, 6.07) is 11.5. The van der Waals surface area contributed by atoms with Crippen LogP contribution in [0.3, 0.4) is 0 Å². The third-order valence-corrected chi connectivity index (χ3v) is 6.25. The summed E-state index contributed by atoms with van der Waals surface area (Å²) in [5.41, 5.74) is 4.57. The van der Waals surface area contributed by atoms with E-state index in [-0.39, 0.29) is 18.2 Å². The van der Waals surface area contributed by atoms with Crippen LogP contribution in [0.25, 0.3) is 0 Å². The van der Waals surface area contributed by atoms with Gasteiger partial charge in [0, 0.05) is 26.2 Å². The Balaban J connectivity index is 1.41. The molecule has 0 aromatic heterocycles. The van der Waals surface area contributed by atoms with Gasteiger partial charge in [0.1, 0.15) is 0 Å². The highest BCUT2D eigenvalue weighted by molar-refractivity contribution is 5.88. The van der Waals surface area contributed by atoms with Crippen molar-refractivity contribution in [3.8, 4) is 11.5 Å². The number of methoxy groups -OCH3 is 2. The Hall–Kier alpha value is -3.06. The number of rotatable bonds is 6. The second kappa shape index (κ2) is 8.98. The van der Waals surface area contributed by atoms with Crippen molar-refractivity contribution in [1.82, 2.24) is 15.1 Å².